The van der Waals surface area contributed by atoms with Crippen molar-refractivity contribution in [3.05, 3.63) is 63.6 Å². The van der Waals surface area contributed by atoms with Gasteiger partial charge in [0.25, 0.3) is 0 Å². The van der Waals surface area contributed by atoms with Crippen LogP contribution >= 0.6 is 27.5 Å². The average molecular weight is 340 g/mol. The van der Waals surface area contributed by atoms with Gasteiger partial charge in [-0.2, -0.15) is 0 Å². The summed E-state index contributed by atoms with van der Waals surface area (Å²) in [5.41, 5.74) is 3.45. The quantitative estimate of drug-likeness (QED) is 0.688. The molecule has 0 radical (unpaired) electrons. The summed E-state index contributed by atoms with van der Waals surface area (Å²) in [5, 5.41) is -0.0870. The Hall–Kier alpha value is -0.990. The van der Waals surface area contributed by atoms with Crippen molar-refractivity contribution in [1.82, 2.24) is 0 Å². The van der Waals surface area contributed by atoms with Crippen LogP contribution in [0.3, 0.4) is 0 Å². The minimum atomic E-state index is -0.0870. The lowest BCUT2D eigenvalue weighted by Gasteiger charge is -2.15. The molecule has 0 aliphatic heterocycles. The van der Waals surface area contributed by atoms with Crippen molar-refractivity contribution in [2.75, 3.05) is 7.11 Å². The number of aryl methyl sites for hydroxylation is 1. The normalized spacial score (nSPS) is 12.2. The fourth-order valence-corrected chi connectivity index (χ4v) is 2.65. The second-order valence-corrected chi connectivity index (χ2v) is 5.99. The largest absolute Gasteiger partial charge is 0.496 e. The maximum absolute atomic E-state index is 6.54. The monoisotopic (exact) mass is 338 g/mol. The smallest absolute Gasteiger partial charge is 0.123 e. The number of hydrogen-bond donors (Lipinski definition) is 0. The molecule has 1 atom stereocenters. The molecular formula is C16H16BrClO. The van der Waals surface area contributed by atoms with Crippen molar-refractivity contribution in [3.8, 4) is 5.75 Å². The highest BCUT2D eigenvalue weighted by atomic mass is 79.9. The third-order valence-electron chi connectivity index (χ3n) is 3.05. The SMILES string of the molecule is COc1ccc(C)cc1C(Cl)Cc1ccc(Br)cc1. The zero-order valence-electron chi connectivity index (χ0n) is 11.0. The first kappa shape index (κ1) is 14.4. The van der Waals surface area contributed by atoms with Gasteiger partial charge in [-0.15, -0.1) is 11.6 Å². The fourth-order valence-electron chi connectivity index (χ4n) is 2.04. The molecule has 2 aromatic carbocycles. The molecule has 100 valence electrons. The molecule has 2 rings (SSSR count). The third kappa shape index (κ3) is 3.74. The molecule has 0 amide bonds. The van der Waals surface area contributed by atoms with E-state index in [4.69, 9.17) is 16.3 Å². The second-order valence-electron chi connectivity index (χ2n) is 4.54. The lowest BCUT2D eigenvalue weighted by atomic mass is 10.0. The first-order chi connectivity index (χ1) is 9.10. The molecule has 0 fully saturated rings. The van der Waals surface area contributed by atoms with Crippen LogP contribution in [0.1, 0.15) is 22.1 Å². The third-order valence-corrected chi connectivity index (χ3v) is 3.97. The lowest BCUT2D eigenvalue weighted by molar-refractivity contribution is 0.409. The number of benzene rings is 2. The highest BCUT2D eigenvalue weighted by Gasteiger charge is 2.14. The number of rotatable bonds is 4. The minimum absolute atomic E-state index is 0.0870. The zero-order chi connectivity index (χ0) is 13.8. The van der Waals surface area contributed by atoms with Crippen LogP contribution in [0.4, 0.5) is 0 Å². The minimum Gasteiger partial charge on any atom is -0.496 e. The summed E-state index contributed by atoms with van der Waals surface area (Å²) in [6.07, 6.45) is 0.786. The maximum atomic E-state index is 6.54. The van der Waals surface area contributed by atoms with Crippen molar-refractivity contribution >= 4 is 27.5 Å². The van der Waals surface area contributed by atoms with Gasteiger partial charge in [-0.3, -0.25) is 0 Å². The van der Waals surface area contributed by atoms with E-state index < -0.39 is 0 Å². The van der Waals surface area contributed by atoms with E-state index >= 15 is 0 Å². The Morgan fingerprint density at radius 3 is 2.47 bits per heavy atom. The van der Waals surface area contributed by atoms with Gasteiger partial charge in [-0.25, -0.2) is 0 Å². The molecule has 0 aromatic heterocycles. The molecule has 0 heterocycles. The van der Waals surface area contributed by atoms with Gasteiger partial charge in [0, 0.05) is 10.0 Å². The van der Waals surface area contributed by atoms with E-state index in [0.29, 0.717) is 0 Å². The summed E-state index contributed by atoms with van der Waals surface area (Å²) in [6, 6.07) is 14.3. The number of hydrogen-bond acceptors (Lipinski definition) is 1. The molecule has 1 nitrogen and oxygen atoms in total. The summed E-state index contributed by atoms with van der Waals surface area (Å²) in [6.45, 7) is 2.06. The van der Waals surface area contributed by atoms with Gasteiger partial charge in [-0.05, 0) is 37.1 Å². The predicted octanol–water partition coefficient (Wildman–Crippen LogP) is 5.29. The Morgan fingerprint density at radius 2 is 1.84 bits per heavy atom. The zero-order valence-corrected chi connectivity index (χ0v) is 13.3. The summed E-state index contributed by atoms with van der Waals surface area (Å²) < 4.78 is 6.47. The molecule has 0 spiro atoms. The molecule has 3 heteroatoms. The van der Waals surface area contributed by atoms with Crippen LogP contribution < -0.4 is 4.74 Å². The van der Waals surface area contributed by atoms with Gasteiger partial charge >= 0.3 is 0 Å². The average Bonchev–Trinajstić information content (AvgIpc) is 2.41. The van der Waals surface area contributed by atoms with Crippen molar-refractivity contribution in [1.29, 1.82) is 0 Å². The van der Waals surface area contributed by atoms with E-state index in [0.717, 1.165) is 22.2 Å². The van der Waals surface area contributed by atoms with Crippen LogP contribution in [0, 0.1) is 6.92 Å². The summed E-state index contributed by atoms with van der Waals surface area (Å²) >= 11 is 9.98. The molecule has 1 unspecified atom stereocenters. The summed E-state index contributed by atoms with van der Waals surface area (Å²) in [7, 11) is 1.68. The molecule has 0 saturated carbocycles. The number of halogens is 2. The Balaban J connectivity index is 2.21. The molecule has 0 aliphatic carbocycles. The fraction of sp³-hybridized carbons (Fsp3) is 0.250. The van der Waals surface area contributed by atoms with E-state index in [2.05, 4.69) is 41.1 Å². The number of methoxy groups -OCH3 is 1. The molecule has 0 N–H and O–H groups in total. The van der Waals surface area contributed by atoms with Crippen molar-refractivity contribution < 1.29 is 4.74 Å². The Kier molecular flexibility index (Phi) is 4.89. The van der Waals surface area contributed by atoms with Crippen molar-refractivity contribution in [2.45, 2.75) is 18.7 Å². The molecule has 0 aliphatic rings. The van der Waals surface area contributed by atoms with Crippen molar-refractivity contribution in [2.24, 2.45) is 0 Å². The van der Waals surface area contributed by atoms with Gasteiger partial charge in [0.15, 0.2) is 0 Å². The Labute approximate surface area is 127 Å². The summed E-state index contributed by atoms with van der Waals surface area (Å²) in [5.74, 6) is 0.850. The highest BCUT2D eigenvalue weighted by molar-refractivity contribution is 9.10. The van der Waals surface area contributed by atoms with Gasteiger partial charge in [0.05, 0.1) is 12.5 Å². The van der Waals surface area contributed by atoms with Crippen LogP contribution in [-0.4, -0.2) is 7.11 Å². The first-order valence-corrected chi connectivity index (χ1v) is 7.36. The van der Waals surface area contributed by atoms with Gasteiger partial charge in [-0.1, -0.05) is 45.8 Å². The van der Waals surface area contributed by atoms with Crippen molar-refractivity contribution in [3.63, 3.8) is 0 Å². The van der Waals surface area contributed by atoms with Gasteiger partial charge < -0.3 is 4.74 Å². The van der Waals surface area contributed by atoms with Crippen LogP contribution in [0.15, 0.2) is 46.9 Å². The number of ether oxygens (including phenoxy) is 1. The van der Waals surface area contributed by atoms with E-state index in [1.807, 2.05) is 24.3 Å². The van der Waals surface area contributed by atoms with E-state index in [9.17, 15) is 0 Å². The van der Waals surface area contributed by atoms with Crippen LogP contribution in [-0.2, 0) is 6.42 Å². The van der Waals surface area contributed by atoms with Gasteiger partial charge in [0.1, 0.15) is 5.75 Å². The molecule has 19 heavy (non-hydrogen) atoms. The summed E-state index contributed by atoms with van der Waals surface area (Å²) in [4.78, 5) is 0. The van der Waals surface area contributed by atoms with Crippen LogP contribution in [0.5, 0.6) is 5.75 Å². The number of alkyl halides is 1. The predicted molar refractivity (Wildman–Crippen MR) is 84.2 cm³/mol. The first-order valence-electron chi connectivity index (χ1n) is 6.13. The Bertz CT molecular complexity index is 551. The van der Waals surface area contributed by atoms with E-state index in [1.54, 1.807) is 7.11 Å². The second kappa shape index (κ2) is 6.44. The van der Waals surface area contributed by atoms with E-state index in [1.165, 1.54) is 11.1 Å². The molecule has 0 bridgehead atoms. The molecular weight excluding hydrogens is 324 g/mol. The standard InChI is InChI=1S/C16H16BrClO/c1-11-3-8-16(19-2)14(9-11)15(18)10-12-4-6-13(17)7-5-12/h3-9,15H,10H2,1-2H3. The molecule has 2 aromatic rings. The van der Waals surface area contributed by atoms with Gasteiger partial charge in [0.2, 0.25) is 0 Å². The Morgan fingerprint density at radius 1 is 1.16 bits per heavy atom. The van der Waals surface area contributed by atoms with E-state index in [-0.39, 0.29) is 5.38 Å². The van der Waals surface area contributed by atoms with Crippen LogP contribution in [0.25, 0.3) is 0 Å². The van der Waals surface area contributed by atoms with Crippen LogP contribution in [0.2, 0.25) is 0 Å². The molecule has 0 saturated heterocycles. The maximum Gasteiger partial charge on any atom is 0.123 e. The lowest BCUT2D eigenvalue weighted by Crippen LogP contribution is -2.00. The highest BCUT2D eigenvalue weighted by Crippen LogP contribution is 2.33. The topological polar surface area (TPSA) is 9.23 Å².